The number of aromatic nitrogens is 2. The molecular weight excluding hydrogens is 332 g/mol. The third kappa shape index (κ3) is 4.41. The van der Waals surface area contributed by atoms with E-state index in [2.05, 4.69) is 10.4 Å². The van der Waals surface area contributed by atoms with Gasteiger partial charge in [0, 0.05) is 36.5 Å². The molecule has 1 amide bonds. The monoisotopic (exact) mass is 348 g/mol. The fourth-order valence-corrected chi connectivity index (χ4v) is 2.34. The smallest absolute Gasteiger partial charge is 0.270 e. The molecule has 1 N–H and O–H groups in total. The Morgan fingerprint density at radius 1 is 1.19 bits per heavy atom. The van der Waals surface area contributed by atoms with Gasteiger partial charge in [0.05, 0.1) is 16.8 Å². The van der Waals surface area contributed by atoms with Crippen LogP contribution in [0.25, 0.3) is 11.8 Å². The molecule has 0 aliphatic heterocycles. The zero-order chi connectivity index (χ0) is 18.4. The zero-order valence-corrected chi connectivity index (χ0v) is 13.8. The number of carbonyl (C=O) groups excluding carboxylic acids is 1. The van der Waals surface area contributed by atoms with E-state index in [1.54, 1.807) is 23.0 Å². The van der Waals surface area contributed by atoms with Crippen molar-refractivity contribution in [1.82, 2.24) is 15.1 Å². The number of nitro groups is 1. The summed E-state index contributed by atoms with van der Waals surface area (Å²) in [5, 5.41) is 17.8. The quantitative estimate of drug-likeness (QED) is 0.421. The molecule has 130 valence electrons. The van der Waals surface area contributed by atoms with Crippen LogP contribution in [-0.4, -0.2) is 20.6 Å². The Labute approximate surface area is 149 Å². The van der Waals surface area contributed by atoms with Gasteiger partial charge in [-0.25, -0.2) is 4.68 Å². The summed E-state index contributed by atoms with van der Waals surface area (Å²) in [4.78, 5) is 22.2. The Morgan fingerprint density at radius 2 is 2.00 bits per heavy atom. The van der Waals surface area contributed by atoms with Crippen LogP contribution in [0.2, 0.25) is 0 Å². The summed E-state index contributed by atoms with van der Waals surface area (Å²) in [6.45, 7) is 0.338. The summed E-state index contributed by atoms with van der Waals surface area (Å²) in [6, 6.07) is 15.8. The van der Waals surface area contributed by atoms with Gasteiger partial charge < -0.3 is 5.32 Å². The molecule has 0 aliphatic carbocycles. The fourth-order valence-electron chi connectivity index (χ4n) is 2.34. The van der Waals surface area contributed by atoms with Crippen LogP contribution in [0.4, 0.5) is 5.69 Å². The first kappa shape index (κ1) is 17.1. The van der Waals surface area contributed by atoms with Crippen LogP contribution in [0.5, 0.6) is 0 Å². The van der Waals surface area contributed by atoms with E-state index in [4.69, 9.17) is 0 Å². The summed E-state index contributed by atoms with van der Waals surface area (Å²) in [5.41, 5.74) is 2.38. The van der Waals surface area contributed by atoms with Crippen LogP contribution >= 0.6 is 0 Å². The lowest BCUT2D eigenvalue weighted by atomic mass is 10.2. The Kier molecular flexibility index (Phi) is 5.19. The molecule has 0 aliphatic rings. The third-order valence-electron chi connectivity index (χ3n) is 3.63. The van der Waals surface area contributed by atoms with Gasteiger partial charge in [0.2, 0.25) is 5.91 Å². The number of nitro benzene ring substituents is 1. The molecular formula is C19H16N4O3. The van der Waals surface area contributed by atoms with E-state index in [1.807, 2.05) is 36.5 Å². The van der Waals surface area contributed by atoms with Crippen molar-refractivity contribution in [1.29, 1.82) is 0 Å². The standard InChI is InChI=1S/C19H16N4O3/c24-19(10-9-15-5-4-8-18(11-15)23(25)26)20-12-16-13-21-22(14-16)17-6-2-1-3-7-17/h1-11,13-14H,12H2,(H,20,24)/b10-9+. The van der Waals surface area contributed by atoms with Crippen molar-refractivity contribution in [3.8, 4) is 5.69 Å². The minimum Gasteiger partial charge on any atom is -0.348 e. The van der Waals surface area contributed by atoms with Crippen molar-refractivity contribution in [2.75, 3.05) is 0 Å². The third-order valence-corrected chi connectivity index (χ3v) is 3.63. The molecule has 0 bridgehead atoms. The predicted molar refractivity (Wildman–Crippen MR) is 97.5 cm³/mol. The highest BCUT2D eigenvalue weighted by Gasteiger charge is 2.05. The minimum absolute atomic E-state index is 0.0131. The number of carbonyl (C=O) groups is 1. The molecule has 0 fully saturated rings. The average molecular weight is 348 g/mol. The first-order valence-electron chi connectivity index (χ1n) is 7.91. The number of amides is 1. The van der Waals surface area contributed by atoms with Crippen LogP contribution in [-0.2, 0) is 11.3 Å². The van der Waals surface area contributed by atoms with Gasteiger partial charge in [-0.05, 0) is 23.8 Å². The number of benzene rings is 2. The maximum Gasteiger partial charge on any atom is 0.270 e. The van der Waals surface area contributed by atoms with Crippen molar-refractivity contribution in [2.45, 2.75) is 6.54 Å². The van der Waals surface area contributed by atoms with Gasteiger partial charge in [0.1, 0.15) is 0 Å². The van der Waals surface area contributed by atoms with E-state index < -0.39 is 4.92 Å². The second kappa shape index (κ2) is 7.89. The fraction of sp³-hybridized carbons (Fsp3) is 0.0526. The maximum absolute atomic E-state index is 11.9. The molecule has 0 saturated heterocycles. The molecule has 0 radical (unpaired) electrons. The van der Waals surface area contributed by atoms with Crippen LogP contribution in [0, 0.1) is 10.1 Å². The summed E-state index contributed by atoms with van der Waals surface area (Å²) >= 11 is 0. The molecule has 7 heteroatoms. The molecule has 0 atom stereocenters. The second-order valence-electron chi connectivity index (χ2n) is 5.53. The molecule has 2 aromatic carbocycles. The molecule has 26 heavy (non-hydrogen) atoms. The highest BCUT2D eigenvalue weighted by atomic mass is 16.6. The minimum atomic E-state index is -0.470. The number of hydrogen-bond acceptors (Lipinski definition) is 4. The molecule has 3 rings (SSSR count). The van der Waals surface area contributed by atoms with Gasteiger partial charge in [-0.3, -0.25) is 14.9 Å². The van der Waals surface area contributed by atoms with E-state index in [1.165, 1.54) is 24.3 Å². The SMILES string of the molecule is O=C(/C=C/c1cccc([N+](=O)[O-])c1)NCc1cnn(-c2ccccc2)c1. The highest BCUT2D eigenvalue weighted by molar-refractivity contribution is 5.91. The molecule has 3 aromatic rings. The molecule has 7 nitrogen and oxygen atoms in total. The first-order valence-corrected chi connectivity index (χ1v) is 7.91. The average Bonchev–Trinajstić information content (AvgIpc) is 3.15. The number of para-hydroxylation sites is 1. The Bertz CT molecular complexity index is 948. The van der Waals surface area contributed by atoms with E-state index in [0.717, 1.165) is 11.3 Å². The predicted octanol–water partition coefficient (Wildman–Crippen LogP) is 3.11. The number of nitrogens with zero attached hydrogens (tertiary/aromatic N) is 3. The Morgan fingerprint density at radius 3 is 2.77 bits per heavy atom. The van der Waals surface area contributed by atoms with Crippen molar-refractivity contribution in [3.05, 3.63) is 94.3 Å². The molecule has 0 saturated carbocycles. The molecule has 0 unspecified atom stereocenters. The lowest BCUT2D eigenvalue weighted by Crippen LogP contribution is -2.19. The van der Waals surface area contributed by atoms with Gasteiger partial charge in [-0.1, -0.05) is 30.3 Å². The summed E-state index contributed by atoms with van der Waals surface area (Å²) < 4.78 is 1.74. The van der Waals surface area contributed by atoms with Crippen molar-refractivity contribution in [3.63, 3.8) is 0 Å². The van der Waals surface area contributed by atoms with Crippen LogP contribution < -0.4 is 5.32 Å². The summed E-state index contributed by atoms with van der Waals surface area (Å²) in [6.07, 6.45) is 6.42. The van der Waals surface area contributed by atoms with Crippen molar-refractivity contribution in [2.24, 2.45) is 0 Å². The van der Waals surface area contributed by atoms with E-state index in [0.29, 0.717) is 12.1 Å². The van der Waals surface area contributed by atoms with Gasteiger partial charge in [0.25, 0.3) is 5.69 Å². The lowest BCUT2D eigenvalue weighted by molar-refractivity contribution is -0.384. The zero-order valence-electron chi connectivity index (χ0n) is 13.8. The largest absolute Gasteiger partial charge is 0.348 e. The molecule has 1 heterocycles. The van der Waals surface area contributed by atoms with Gasteiger partial charge in [-0.15, -0.1) is 0 Å². The number of non-ortho nitro benzene ring substituents is 1. The summed E-state index contributed by atoms with van der Waals surface area (Å²) in [5.74, 6) is -0.288. The van der Waals surface area contributed by atoms with Gasteiger partial charge in [-0.2, -0.15) is 5.10 Å². The molecule has 0 spiro atoms. The van der Waals surface area contributed by atoms with Crippen molar-refractivity contribution >= 4 is 17.7 Å². The normalized spacial score (nSPS) is 10.8. The summed E-state index contributed by atoms with van der Waals surface area (Å²) in [7, 11) is 0. The van der Waals surface area contributed by atoms with Crippen LogP contribution in [0.3, 0.4) is 0 Å². The van der Waals surface area contributed by atoms with Gasteiger partial charge >= 0.3 is 0 Å². The number of rotatable bonds is 6. The van der Waals surface area contributed by atoms with E-state index in [9.17, 15) is 14.9 Å². The highest BCUT2D eigenvalue weighted by Crippen LogP contribution is 2.14. The number of hydrogen-bond donors (Lipinski definition) is 1. The van der Waals surface area contributed by atoms with Gasteiger partial charge in [0.15, 0.2) is 0 Å². The van der Waals surface area contributed by atoms with Crippen molar-refractivity contribution < 1.29 is 9.72 Å². The van der Waals surface area contributed by atoms with Crippen LogP contribution in [0.15, 0.2) is 73.1 Å². The number of nitrogens with one attached hydrogen (secondary N) is 1. The van der Waals surface area contributed by atoms with E-state index in [-0.39, 0.29) is 11.6 Å². The second-order valence-corrected chi connectivity index (χ2v) is 5.53. The molecule has 1 aromatic heterocycles. The first-order chi connectivity index (χ1) is 12.6. The Hall–Kier alpha value is -3.74. The van der Waals surface area contributed by atoms with E-state index >= 15 is 0 Å². The van der Waals surface area contributed by atoms with Crippen LogP contribution in [0.1, 0.15) is 11.1 Å². The topological polar surface area (TPSA) is 90.1 Å². The maximum atomic E-state index is 11.9. The Balaban J connectivity index is 1.57. The lowest BCUT2D eigenvalue weighted by Gasteiger charge is -2.00.